The molecule has 1 aliphatic heterocycles. The predicted octanol–water partition coefficient (Wildman–Crippen LogP) is 4.71. The van der Waals surface area contributed by atoms with Crippen LogP contribution < -0.4 is 5.32 Å². The molecule has 1 heterocycles. The van der Waals surface area contributed by atoms with Gasteiger partial charge in [0, 0.05) is 11.6 Å². The smallest absolute Gasteiger partial charge is 0.318 e. The molecule has 2 aromatic rings. The van der Waals surface area contributed by atoms with Crippen molar-refractivity contribution in [1.29, 1.82) is 0 Å². The predicted molar refractivity (Wildman–Crippen MR) is 99.7 cm³/mol. The number of benzene rings is 2. The monoisotopic (exact) mass is 376 g/mol. The van der Waals surface area contributed by atoms with Crippen molar-refractivity contribution in [2.24, 2.45) is 0 Å². The highest BCUT2D eigenvalue weighted by atomic mass is 35.5. The largest absolute Gasteiger partial charge is 0.370 e. The van der Waals surface area contributed by atoms with Gasteiger partial charge in [0.2, 0.25) is 0 Å². The van der Waals surface area contributed by atoms with Crippen LogP contribution in [0.3, 0.4) is 0 Å². The maximum atomic E-state index is 13.1. The van der Waals surface area contributed by atoms with Crippen molar-refractivity contribution < 1.29 is 13.9 Å². The van der Waals surface area contributed by atoms with Gasteiger partial charge in [0.25, 0.3) is 0 Å². The molecule has 3 rings (SSSR count). The summed E-state index contributed by atoms with van der Waals surface area (Å²) in [5.41, 5.74) is 1.89. The van der Waals surface area contributed by atoms with E-state index in [1.165, 1.54) is 12.1 Å². The van der Waals surface area contributed by atoms with Crippen molar-refractivity contribution in [2.45, 2.75) is 25.5 Å². The van der Waals surface area contributed by atoms with Gasteiger partial charge in [-0.25, -0.2) is 9.18 Å². The van der Waals surface area contributed by atoms with E-state index >= 15 is 0 Å². The summed E-state index contributed by atoms with van der Waals surface area (Å²) >= 11 is 5.94. The van der Waals surface area contributed by atoms with Crippen molar-refractivity contribution in [3.8, 4) is 0 Å². The van der Waals surface area contributed by atoms with Gasteiger partial charge in [0.05, 0.1) is 19.2 Å². The van der Waals surface area contributed by atoms with Crippen LogP contribution in [0.2, 0.25) is 5.02 Å². The molecular formula is C20H22ClFN2O2. The molecule has 1 fully saturated rings. The highest BCUT2D eigenvalue weighted by Gasteiger charge is 2.26. The number of urea groups is 1. The number of halogens is 2. The highest BCUT2D eigenvalue weighted by molar-refractivity contribution is 6.30. The minimum Gasteiger partial charge on any atom is -0.370 e. The van der Waals surface area contributed by atoms with Crippen LogP contribution in [0.1, 0.15) is 36.6 Å². The van der Waals surface area contributed by atoms with Crippen LogP contribution in [-0.4, -0.2) is 30.6 Å². The first-order valence-electron chi connectivity index (χ1n) is 8.74. The fraction of sp³-hybridized carbons (Fsp3) is 0.350. The van der Waals surface area contributed by atoms with E-state index in [1.54, 1.807) is 17.0 Å². The Labute approximate surface area is 157 Å². The van der Waals surface area contributed by atoms with Crippen LogP contribution in [0.5, 0.6) is 0 Å². The van der Waals surface area contributed by atoms with Crippen molar-refractivity contribution >= 4 is 17.6 Å². The first kappa shape index (κ1) is 18.7. The number of amides is 2. The van der Waals surface area contributed by atoms with Gasteiger partial charge in [0.1, 0.15) is 11.9 Å². The lowest BCUT2D eigenvalue weighted by atomic mass is 10.0. The number of hydrogen-bond acceptors (Lipinski definition) is 2. The molecule has 0 bridgehead atoms. The molecule has 2 amide bonds. The molecule has 1 N–H and O–H groups in total. The van der Waals surface area contributed by atoms with Crippen LogP contribution in [0.15, 0.2) is 48.5 Å². The Morgan fingerprint density at radius 3 is 2.62 bits per heavy atom. The molecule has 2 aromatic carbocycles. The lowest BCUT2D eigenvalue weighted by Crippen LogP contribution is -2.48. The van der Waals surface area contributed by atoms with Crippen LogP contribution >= 0.6 is 11.6 Å². The Morgan fingerprint density at radius 2 is 1.96 bits per heavy atom. The number of carbonyl (C=O) groups is 1. The number of hydrogen-bond donors (Lipinski definition) is 1. The molecule has 0 aliphatic carbocycles. The van der Waals surface area contributed by atoms with E-state index in [4.69, 9.17) is 16.3 Å². The van der Waals surface area contributed by atoms with Gasteiger partial charge in [-0.2, -0.15) is 0 Å². The normalized spacial score (nSPS) is 18.4. The summed E-state index contributed by atoms with van der Waals surface area (Å²) in [7, 11) is 0. The first-order chi connectivity index (χ1) is 12.6. The minimum absolute atomic E-state index is 0.0770. The Hall–Kier alpha value is -2.11. The van der Waals surface area contributed by atoms with Crippen LogP contribution in [0.25, 0.3) is 0 Å². The molecular weight excluding hydrogens is 355 g/mol. The SMILES string of the molecule is CCC(NC(=O)N1CCOC(c2ccc(F)cc2)C1)c1ccc(Cl)cc1. The standard InChI is InChI=1S/C20H22ClFN2O2/c1-2-18(14-3-7-16(21)8-4-14)23-20(25)24-11-12-26-19(13-24)15-5-9-17(22)10-6-15/h3-10,18-19H,2,11-13H2,1H3,(H,23,25). The van der Waals surface area contributed by atoms with Crippen molar-refractivity contribution in [3.05, 3.63) is 70.5 Å². The number of rotatable bonds is 4. The topological polar surface area (TPSA) is 41.6 Å². The summed E-state index contributed by atoms with van der Waals surface area (Å²) in [6, 6.07) is 13.5. The van der Waals surface area contributed by atoms with Crippen LogP contribution in [0, 0.1) is 5.82 Å². The second-order valence-electron chi connectivity index (χ2n) is 6.32. The highest BCUT2D eigenvalue weighted by Crippen LogP contribution is 2.24. The zero-order valence-electron chi connectivity index (χ0n) is 14.6. The van der Waals surface area contributed by atoms with E-state index in [1.807, 2.05) is 31.2 Å². The number of morpholine rings is 1. The van der Waals surface area contributed by atoms with E-state index in [-0.39, 0.29) is 24.0 Å². The van der Waals surface area contributed by atoms with Crippen LogP contribution in [-0.2, 0) is 4.74 Å². The van der Waals surface area contributed by atoms with Crippen molar-refractivity contribution in [3.63, 3.8) is 0 Å². The third-order valence-corrected chi connectivity index (χ3v) is 4.83. The molecule has 26 heavy (non-hydrogen) atoms. The molecule has 0 radical (unpaired) electrons. The maximum absolute atomic E-state index is 13.1. The Kier molecular flexibility index (Phi) is 6.12. The lowest BCUT2D eigenvalue weighted by molar-refractivity contribution is -0.0158. The van der Waals surface area contributed by atoms with Gasteiger partial charge in [-0.1, -0.05) is 42.8 Å². The van der Waals surface area contributed by atoms with Gasteiger partial charge in [-0.05, 0) is 41.8 Å². The van der Waals surface area contributed by atoms with E-state index in [0.717, 1.165) is 17.5 Å². The van der Waals surface area contributed by atoms with Gasteiger partial charge in [0.15, 0.2) is 0 Å². The quantitative estimate of drug-likeness (QED) is 0.839. The summed E-state index contributed by atoms with van der Waals surface area (Å²) < 4.78 is 18.9. The maximum Gasteiger partial charge on any atom is 0.318 e. The average molecular weight is 377 g/mol. The van der Waals surface area contributed by atoms with Crippen LogP contribution in [0.4, 0.5) is 9.18 Å². The Balaban J connectivity index is 1.64. The average Bonchev–Trinajstić information content (AvgIpc) is 2.67. The molecule has 1 aliphatic rings. The fourth-order valence-corrected chi connectivity index (χ4v) is 3.20. The summed E-state index contributed by atoms with van der Waals surface area (Å²) in [5.74, 6) is -0.284. The summed E-state index contributed by atoms with van der Waals surface area (Å²) in [4.78, 5) is 14.5. The molecule has 138 valence electrons. The van der Waals surface area contributed by atoms with E-state index in [0.29, 0.717) is 24.7 Å². The van der Waals surface area contributed by atoms with Crippen molar-refractivity contribution in [2.75, 3.05) is 19.7 Å². The summed E-state index contributed by atoms with van der Waals surface area (Å²) in [6.45, 7) is 3.45. The zero-order valence-corrected chi connectivity index (χ0v) is 15.4. The second kappa shape index (κ2) is 8.52. The van der Waals surface area contributed by atoms with Crippen molar-refractivity contribution in [1.82, 2.24) is 10.2 Å². The summed E-state index contributed by atoms with van der Waals surface area (Å²) in [6.07, 6.45) is 0.532. The number of ether oxygens (including phenoxy) is 1. The molecule has 6 heteroatoms. The molecule has 0 spiro atoms. The van der Waals surface area contributed by atoms with Gasteiger partial charge >= 0.3 is 6.03 Å². The van der Waals surface area contributed by atoms with E-state index in [9.17, 15) is 9.18 Å². The number of carbonyl (C=O) groups excluding carboxylic acids is 1. The molecule has 2 atom stereocenters. The van der Waals surface area contributed by atoms with Gasteiger partial charge in [-0.15, -0.1) is 0 Å². The Morgan fingerprint density at radius 1 is 1.27 bits per heavy atom. The fourth-order valence-electron chi connectivity index (χ4n) is 3.07. The van der Waals surface area contributed by atoms with Gasteiger partial charge in [-0.3, -0.25) is 0 Å². The molecule has 0 saturated carbocycles. The first-order valence-corrected chi connectivity index (χ1v) is 9.12. The van der Waals surface area contributed by atoms with E-state index < -0.39 is 0 Å². The molecule has 4 nitrogen and oxygen atoms in total. The number of nitrogens with zero attached hydrogens (tertiary/aromatic N) is 1. The minimum atomic E-state index is -0.284. The second-order valence-corrected chi connectivity index (χ2v) is 6.76. The van der Waals surface area contributed by atoms with Gasteiger partial charge < -0.3 is 15.0 Å². The third-order valence-electron chi connectivity index (χ3n) is 4.57. The third kappa shape index (κ3) is 4.54. The molecule has 2 unspecified atom stereocenters. The van der Waals surface area contributed by atoms with E-state index in [2.05, 4.69) is 5.32 Å². The summed E-state index contributed by atoms with van der Waals surface area (Å²) in [5, 5.41) is 3.75. The molecule has 1 saturated heterocycles. The number of nitrogens with one attached hydrogen (secondary N) is 1. The Bertz CT molecular complexity index is 736. The molecule has 0 aromatic heterocycles. The lowest BCUT2D eigenvalue weighted by Gasteiger charge is -2.34. The zero-order chi connectivity index (χ0) is 18.5.